The summed E-state index contributed by atoms with van der Waals surface area (Å²) in [6.45, 7) is 0.677. The summed E-state index contributed by atoms with van der Waals surface area (Å²) in [6, 6.07) is 15.6. The fraction of sp³-hybridized carbons (Fsp3) is 0.176. The van der Waals surface area contributed by atoms with Crippen LogP contribution >= 0.6 is 0 Å². The average Bonchev–Trinajstić information content (AvgIpc) is 2.50. The van der Waals surface area contributed by atoms with Crippen LogP contribution in [0, 0.1) is 0 Å². The maximum absolute atomic E-state index is 12.0. The van der Waals surface area contributed by atoms with Crippen LogP contribution in [0.15, 0.2) is 59.5 Å². The lowest BCUT2D eigenvalue weighted by atomic mass is 10.1. The SMILES string of the molecule is Nc1cccc(CCCn2c(=O)cnc3ccccc32)c1. The standard InChI is InChI=1S/C17H17N3O/c18-14-7-3-5-13(11-14)6-4-10-20-16-9-2-1-8-15(16)19-12-17(20)21/h1-3,5,7-9,11-12H,4,6,10,18H2. The highest BCUT2D eigenvalue weighted by molar-refractivity contribution is 5.74. The minimum atomic E-state index is -0.0544. The molecule has 3 rings (SSSR count). The van der Waals surface area contributed by atoms with Crippen molar-refractivity contribution in [3.63, 3.8) is 0 Å². The Morgan fingerprint density at radius 1 is 1.10 bits per heavy atom. The van der Waals surface area contributed by atoms with Crippen LogP contribution in [-0.4, -0.2) is 9.55 Å². The van der Waals surface area contributed by atoms with E-state index in [2.05, 4.69) is 11.1 Å². The van der Waals surface area contributed by atoms with Gasteiger partial charge in [-0.15, -0.1) is 0 Å². The Morgan fingerprint density at radius 3 is 2.81 bits per heavy atom. The molecule has 0 unspecified atom stereocenters. The predicted octanol–water partition coefficient (Wildman–Crippen LogP) is 2.61. The molecule has 0 spiro atoms. The van der Waals surface area contributed by atoms with E-state index in [1.54, 1.807) is 4.57 Å². The molecule has 0 atom stereocenters. The van der Waals surface area contributed by atoms with Crippen molar-refractivity contribution in [2.75, 3.05) is 5.73 Å². The average molecular weight is 279 g/mol. The van der Waals surface area contributed by atoms with Crippen molar-refractivity contribution >= 4 is 16.7 Å². The van der Waals surface area contributed by atoms with E-state index in [0.717, 1.165) is 29.6 Å². The molecule has 2 N–H and O–H groups in total. The predicted molar refractivity (Wildman–Crippen MR) is 85.2 cm³/mol. The Balaban J connectivity index is 1.79. The molecule has 0 fully saturated rings. The summed E-state index contributed by atoms with van der Waals surface area (Å²) in [5.74, 6) is 0. The summed E-state index contributed by atoms with van der Waals surface area (Å²) in [5, 5.41) is 0. The summed E-state index contributed by atoms with van der Waals surface area (Å²) in [5.41, 5.74) is 9.43. The Kier molecular flexibility index (Phi) is 3.69. The molecule has 1 heterocycles. The zero-order valence-electron chi connectivity index (χ0n) is 11.7. The molecule has 0 aliphatic rings. The van der Waals surface area contributed by atoms with Crippen molar-refractivity contribution in [3.05, 3.63) is 70.6 Å². The maximum atomic E-state index is 12.0. The van der Waals surface area contributed by atoms with E-state index in [1.165, 1.54) is 11.8 Å². The number of aromatic nitrogens is 2. The van der Waals surface area contributed by atoms with E-state index in [0.29, 0.717) is 6.54 Å². The molecule has 21 heavy (non-hydrogen) atoms. The Hall–Kier alpha value is -2.62. The van der Waals surface area contributed by atoms with Crippen molar-refractivity contribution in [2.24, 2.45) is 0 Å². The van der Waals surface area contributed by atoms with Gasteiger partial charge in [0.2, 0.25) is 0 Å². The van der Waals surface area contributed by atoms with Crippen LogP contribution in [0.2, 0.25) is 0 Å². The lowest BCUT2D eigenvalue weighted by Crippen LogP contribution is -2.20. The van der Waals surface area contributed by atoms with Crippen molar-refractivity contribution in [1.82, 2.24) is 9.55 Å². The number of nitrogen functional groups attached to an aromatic ring is 1. The van der Waals surface area contributed by atoms with Gasteiger partial charge in [0.05, 0.1) is 17.2 Å². The molecule has 0 bridgehead atoms. The van der Waals surface area contributed by atoms with Gasteiger partial charge in [-0.3, -0.25) is 4.79 Å². The highest BCUT2D eigenvalue weighted by atomic mass is 16.1. The van der Waals surface area contributed by atoms with E-state index >= 15 is 0 Å². The number of para-hydroxylation sites is 2. The van der Waals surface area contributed by atoms with Gasteiger partial charge in [0.25, 0.3) is 5.56 Å². The monoisotopic (exact) mass is 279 g/mol. The molecule has 106 valence electrons. The summed E-state index contributed by atoms with van der Waals surface area (Å²) in [4.78, 5) is 16.2. The molecule has 0 saturated carbocycles. The van der Waals surface area contributed by atoms with E-state index in [9.17, 15) is 4.79 Å². The summed E-state index contributed by atoms with van der Waals surface area (Å²) < 4.78 is 1.79. The second-order valence-corrected chi connectivity index (χ2v) is 5.09. The molecule has 4 nitrogen and oxygen atoms in total. The van der Waals surface area contributed by atoms with E-state index in [4.69, 9.17) is 5.73 Å². The minimum Gasteiger partial charge on any atom is -0.399 e. The van der Waals surface area contributed by atoms with Crippen molar-refractivity contribution < 1.29 is 0 Å². The molecule has 0 amide bonds. The highest BCUT2D eigenvalue weighted by Gasteiger charge is 2.03. The first-order chi connectivity index (χ1) is 10.2. The first kappa shape index (κ1) is 13.4. The third-order valence-corrected chi connectivity index (χ3v) is 3.55. The number of aryl methyl sites for hydroxylation is 2. The first-order valence-corrected chi connectivity index (χ1v) is 7.03. The molecule has 3 aromatic rings. The van der Waals surface area contributed by atoms with Gasteiger partial charge in [-0.05, 0) is 42.7 Å². The number of rotatable bonds is 4. The van der Waals surface area contributed by atoms with Crippen LogP contribution in [0.1, 0.15) is 12.0 Å². The fourth-order valence-electron chi connectivity index (χ4n) is 2.54. The van der Waals surface area contributed by atoms with Gasteiger partial charge in [0.15, 0.2) is 0 Å². The van der Waals surface area contributed by atoms with Gasteiger partial charge in [-0.2, -0.15) is 0 Å². The fourth-order valence-corrected chi connectivity index (χ4v) is 2.54. The van der Waals surface area contributed by atoms with E-state index in [-0.39, 0.29) is 5.56 Å². The van der Waals surface area contributed by atoms with Crippen LogP contribution < -0.4 is 11.3 Å². The van der Waals surface area contributed by atoms with Crippen molar-refractivity contribution in [3.8, 4) is 0 Å². The quantitative estimate of drug-likeness (QED) is 0.747. The Morgan fingerprint density at radius 2 is 1.95 bits per heavy atom. The van der Waals surface area contributed by atoms with Gasteiger partial charge >= 0.3 is 0 Å². The lowest BCUT2D eigenvalue weighted by molar-refractivity contribution is 0.639. The van der Waals surface area contributed by atoms with Crippen LogP contribution in [0.5, 0.6) is 0 Å². The van der Waals surface area contributed by atoms with Crippen molar-refractivity contribution in [2.45, 2.75) is 19.4 Å². The lowest BCUT2D eigenvalue weighted by Gasteiger charge is -2.09. The summed E-state index contributed by atoms with van der Waals surface area (Å²) >= 11 is 0. The second-order valence-electron chi connectivity index (χ2n) is 5.09. The van der Waals surface area contributed by atoms with Gasteiger partial charge < -0.3 is 10.3 Å². The molecule has 1 aromatic heterocycles. The number of hydrogen-bond acceptors (Lipinski definition) is 3. The molecule has 0 aliphatic heterocycles. The van der Waals surface area contributed by atoms with Gasteiger partial charge in [0, 0.05) is 12.2 Å². The third-order valence-electron chi connectivity index (χ3n) is 3.55. The molecule has 2 aromatic carbocycles. The van der Waals surface area contributed by atoms with Crippen molar-refractivity contribution in [1.29, 1.82) is 0 Å². The molecular formula is C17H17N3O. The Labute approximate surface area is 122 Å². The number of fused-ring (bicyclic) bond motifs is 1. The molecular weight excluding hydrogens is 262 g/mol. The van der Waals surface area contributed by atoms with Crippen LogP contribution in [-0.2, 0) is 13.0 Å². The Bertz CT molecular complexity index is 823. The van der Waals surface area contributed by atoms with Crippen LogP contribution in [0.3, 0.4) is 0 Å². The van der Waals surface area contributed by atoms with Crippen LogP contribution in [0.25, 0.3) is 11.0 Å². The van der Waals surface area contributed by atoms with Gasteiger partial charge in [-0.25, -0.2) is 4.98 Å². The molecule has 0 radical (unpaired) electrons. The molecule has 4 heteroatoms. The second kappa shape index (κ2) is 5.79. The number of benzene rings is 2. The first-order valence-electron chi connectivity index (χ1n) is 7.03. The van der Waals surface area contributed by atoms with Crippen LogP contribution in [0.4, 0.5) is 5.69 Å². The number of nitrogens with zero attached hydrogens (tertiary/aromatic N) is 2. The largest absolute Gasteiger partial charge is 0.399 e. The third kappa shape index (κ3) is 2.94. The number of nitrogens with two attached hydrogens (primary N) is 1. The van der Waals surface area contributed by atoms with E-state index in [1.807, 2.05) is 42.5 Å². The normalized spacial score (nSPS) is 10.9. The smallest absolute Gasteiger partial charge is 0.269 e. The topological polar surface area (TPSA) is 60.9 Å². The summed E-state index contributed by atoms with van der Waals surface area (Å²) in [7, 11) is 0. The van der Waals surface area contributed by atoms with Gasteiger partial charge in [-0.1, -0.05) is 24.3 Å². The maximum Gasteiger partial charge on any atom is 0.269 e. The van der Waals surface area contributed by atoms with Gasteiger partial charge in [0.1, 0.15) is 0 Å². The molecule has 0 aliphatic carbocycles. The number of anilines is 1. The summed E-state index contributed by atoms with van der Waals surface area (Å²) in [6.07, 6.45) is 3.17. The number of hydrogen-bond donors (Lipinski definition) is 1. The minimum absolute atomic E-state index is 0.0544. The zero-order chi connectivity index (χ0) is 14.7. The van der Waals surface area contributed by atoms with E-state index < -0.39 is 0 Å². The zero-order valence-corrected chi connectivity index (χ0v) is 11.7. The highest BCUT2D eigenvalue weighted by Crippen LogP contribution is 2.11. The molecule has 0 saturated heterocycles.